The maximum atomic E-state index is 13.9. The molecular weight excluding hydrogens is 556 g/mol. The van der Waals surface area contributed by atoms with E-state index in [4.69, 9.17) is 4.55 Å². The summed E-state index contributed by atoms with van der Waals surface area (Å²) in [6.45, 7) is 14.7. The maximum absolute atomic E-state index is 13.9. The fourth-order valence-electron chi connectivity index (χ4n) is 11.4. The second-order valence-corrected chi connectivity index (χ2v) is 18.8. The van der Waals surface area contributed by atoms with Gasteiger partial charge in [0.05, 0.1) is 32.9 Å². The highest BCUT2D eigenvalue weighted by atomic mass is 32.2. The second kappa shape index (κ2) is 14.0. The maximum Gasteiger partial charge on any atom is 0.265 e. The number of nitrogens with one attached hydrogen (secondary N) is 1. The minimum Gasteiger partial charge on any atom is -0.356 e. The molecule has 0 aromatic carbocycles. The number of hydrogen-bond donors (Lipinski definition) is 2. The Morgan fingerprint density at radius 1 is 0.907 bits per heavy atom. The van der Waals surface area contributed by atoms with Gasteiger partial charge in [-0.2, -0.15) is 8.42 Å². The number of quaternary nitrogens is 1. The number of rotatable bonds is 14. The molecule has 4 fully saturated rings. The van der Waals surface area contributed by atoms with Gasteiger partial charge in [0.15, 0.2) is 0 Å². The van der Waals surface area contributed by atoms with Crippen molar-refractivity contribution >= 4 is 16.0 Å². The minimum absolute atomic E-state index is 0.124. The van der Waals surface area contributed by atoms with Gasteiger partial charge in [0.25, 0.3) is 10.1 Å². The highest BCUT2D eigenvalue weighted by molar-refractivity contribution is 7.85. The lowest BCUT2D eigenvalue weighted by Crippen LogP contribution is -2.58. The molecule has 250 valence electrons. The summed E-state index contributed by atoms with van der Waals surface area (Å²) < 4.78 is 31.9. The van der Waals surface area contributed by atoms with Crippen LogP contribution in [-0.4, -0.2) is 62.8 Å². The van der Waals surface area contributed by atoms with Crippen molar-refractivity contribution in [1.29, 1.82) is 0 Å². The van der Waals surface area contributed by atoms with Gasteiger partial charge in [-0.3, -0.25) is 9.35 Å². The smallest absolute Gasteiger partial charge is 0.265 e. The third-order valence-electron chi connectivity index (χ3n) is 13.7. The Kier molecular flexibility index (Phi) is 11.5. The third kappa shape index (κ3) is 8.02. The first-order chi connectivity index (χ1) is 20.1. The molecule has 0 bridgehead atoms. The van der Waals surface area contributed by atoms with Crippen LogP contribution in [0.4, 0.5) is 0 Å². The van der Waals surface area contributed by atoms with Crippen molar-refractivity contribution in [2.75, 3.05) is 39.5 Å². The van der Waals surface area contributed by atoms with Gasteiger partial charge in [0, 0.05) is 25.3 Å². The summed E-state index contributed by atoms with van der Waals surface area (Å²) in [5.74, 6) is 5.76. The molecule has 4 saturated carbocycles. The third-order valence-corrected chi connectivity index (χ3v) is 14.5. The summed E-state index contributed by atoms with van der Waals surface area (Å²) in [6, 6.07) is 0. The van der Waals surface area contributed by atoms with Gasteiger partial charge in [-0.1, -0.05) is 60.3 Å². The van der Waals surface area contributed by atoms with E-state index in [0.717, 1.165) is 49.0 Å². The largest absolute Gasteiger partial charge is 0.356 e. The Hall–Kier alpha value is -0.660. The molecule has 4 rings (SSSR count). The molecular formula is C36H67N2O4S+. The molecule has 6 nitrogen and oxygen atoms in total. The molecule has 1 amide bonds. The summed E-state index contributed by atoms with van der Waals surface area (Å²) in [7, 11) is 0.282. The first-order valence-corrected chi connectivity index (χ1v) is 19.7. The molecule has 4 aliphatic rings. The molecule has 7 heteroatoms. The fourth-order valence-corrected chi connectivity index (χ4v) is 11.9. The average Bonchev–Trinajstić information content (AvgIpc) is 3.26. The monoisotopic (exact) mass is 623 g/mol. The number of amides is 1. The number of fused-ring (bicyclic) bond motifs is 5. The normalized spacial score (nSPS) is 37.0. The van der Waals surface area contributed by atoms with Crippen LogP contribution < -0.4 is 5.32 Å². The Labute approximate surface area is 265 Å². The molecule has 9 atom stereocenters. The summed E-state index contributed by atoms with van der Waals surface area (Å²) >= 11 is 0. The Balaban J connectivity index is 1.36. The zero-order chi connectivity index (χ0) is 31.6. The standard InChI is InChI=1S/C36H66N2O4S/c1-26(2)12-8-13-27(3)30-18-19-31-29-17-16-28-14-9-15-33(36(28,5)32(29)20-21-35(30,31)4)34(39)37-22-10-23-38(6,7)24-11-25-43(40,41)42/h26-33H,8-25H2,1-7H3,(H-,37,39,40,41,42)/p+1/t27-,28?,29+,30-,31+,32+,33?,35-,36+/m1/s1. The van der Waals surface area contributed by atoms with Crippen LogP contribution in [0.5, 0.6) is 0 Å². The lowest BCUT2D eigenvalue weighted by Gasteiger charge is -2.62. The molecule has 43 heavy (non-hydrogen) atoms. The average molecular weight is 624 g/mol. The van der Waals surface area contributed by atoms with Crippen LogP contribution in [0.3, 0.4) is 0 Å². The molecule has 0 spiro atoms. The number of carbonyl (C=O) groups excluding carboxylic acids is 1. The molecule has 0 radical (unpaired) electrons. The van der Waals surface area contributed by atoms with Gasteiger partial charge in [-0.15, -0.1) is 0 Å². The Bertz CT molecular complexity index is 1040. The summed E-state index contributed by atoms with van der Waals surface area (Å²) in [6.07, 6.45) is 17.2. The minimum atomic E-state index is -3.91. The van der Waals surface area contributed by atoms with Gasteiger partial charge in [-0.25, -0.2) is 0 Å². The highest BCUT2D eigenvalue weighted by Gasteiger charge is 2.62. The van der Waals surface area contributed by atoms with Crippen LogP contribution in [0.1, 0.15) is 125 Å². The van der Waals surface area contributed by atoms with Gasteiger partial charge in [0.1, 0.15) is 0 Å². The van der Waals surface area contributed by atoms with E-state index in [1.165, 1.54) is 70.6 Å². The lowest BCUT2D eigenvalue weighted by atomic mass is 9.42. The molecule has 0 heterocycles. The second-order valence-electron chi connectivity index (χ2n) is 17.2. The van der Waals surface area contributed by atoms with Crippen molar-refractivity contribution in [3.8, 4) is 0 Å². The topological polar surface area (TPSA) is 83.5 Å². The summed E-state index contributed by atoms with van der Waals surface area (Å²) in [4.78, 5) is 13.9. The van der Waals surface area contributed by atoms with Crippen molar-refractivity contribution < 1.29 is 22.2 Å². The van der Waals surface area contributed by atoms with E-state index < -0.39 is 10.1 Å². The van der Waals surface area contributed by atoms with E-state index in [0.29, 0.717) is 47.2 Å². The Morgan fingerprint density at radius 2 is 1.63 bits per heavy atom. The molecule has 2 unspecified atom stereocenters. The first kappa shape index (κ1) is 35.2. The Morgan fingerprint density at radius 3 is 2.33 bits per heavy atom. The predicted octanol–water partition coefficient (Wildman–Crippen LogP) is 7.58. The van der Waals surface area contributed by atoms with E-state index in [2.05, 4.69) is 54.0 Å². The SMILES string of the molecule is CC(C)CCC[C@@H](C)[C@H]1CC[C@H]2[C@@H]3CCC4CCCC(C(=O)NCCC[N+](C)(C)CCCS(=O)(=O)O)[C@]4(C)[C@H]3CC[C@]12C. The van der Waals surface area contributed by atoms with E-state index in [9.17, 15) is 13.2 Å². The van der Waals surface area contributed by atoms with E-state index in [1.54, 1.807) is 0 Å². The van der Waals surface area contributed by atoms with Gasteiger partial charge >= 0.3 is 0 Å². The van der Waals surface area contributed by atoms with Crippen molar-refractivity contribution in [3.63, 3.8) is 0 Å². The highest BCUT2D eigenvalue weighted by Crippen LogP contribution is 2.69. The van der Waals surface area contributed by atoms with Crippen molar-refractivity contribution in [2.45, 2.75) is 125 Å². The zero-order valence-electron chi connectivity index (χ0n) is 28.9. The first-order valence-electron chi connectivity index (χ1n) is 18.1. The van der Waals surface area contributed by atoms with Crippen LogP contribution in [-0.2, 0) is 14.9 Å². The van der Waals surface area contributed by atoms with Crippen LogP contribution in [0.25, 0.3) is 0 Å². The zero-order valence-corrected chi connectivity index (χ0v) is 29.7. The fraction of sp³-hybridized carbons (Fsp3) is 0.972. The van der Waals surface area contributed by atoms with Crippen LogP contribution >= 0.6 is 0 Å². The molecule has 2 N–H and O–H groups in total. The van der Waals surface area contributed by atoms with Crippen molar-refractivity contribution in [1.82, 2.24) is 5.32 Å². The molecule has 0 aromatic heterocycles. The van der Waals surface area contributed by atoms with E-state index in [-0.39, 0.29) is 17.1 Å². The van der Waals surface area contributed by atoms with Gasteiger partial charge in [-0.05, 0) is 104 Å². The summed E-state index contributed by atoms with van der Waals surface area (Å²) in [5, 5.41) is 3.38. The van der Waals surface area contributed by atoms with Gasteiger partial charge in [0.2, 0.25) is 5.91 Å². The van der Waals surface area contributed by atoms with E-state index in [1.807, 2.05) is 0 Å². The molecule has 4 aliphatic carbocycles. The van der Waals surface area contributed by atoms with Crippen LogP contribution in [0.15, 0.2) is 0 Å². The molecule has 0 aromatic rings. The van der Waals surface area contributed by atoms with E-state index >= 15 is 0 Å². The number of carbonyl (C=O) groups is 1. The van der Waals surface area contributed by atoms with Gasteiger partial charge < -0.3 is 9.80 Å². The van der Waals surface area contributed by atoms with Crippen molar-refractivity contribution in [2.24, 2.45) is 58.2 Å². The number of hydrogen-bond acceptors (Lipinski definition) is 3. The summed E-state index contributed by atoms with van der Waals surface area (Å²) in [5.41, 5.74) is 0.610. The lowest BCUT2D eigenvalue weighted by molar-refractivity contribution is -0.890. The quantitative estimate of drug-likeness (QED) is 0.119. The van der Waals surface area contributed by atoms with Crippen LogP contribution in [0.2, 0.25) is 0 Å². The van der Waals surface area contributed by atoms with Crippen LogP contribution in [0, 0.1) is 58.2 Å². The molecule has 0 aliphatic heterocycles. The predicted molar refractivity (Wildman–Crippen MR) is 177 cm³/mol. The van der Waals surface area contributed by atoms with Crippen molar-refractivity contribution in [3.05, 3.63) is 0 Å². The molecule has 0 saturated heterocycles. The number of nitrogens with zero attached hydrogens (tertiary/aromatic N) is 1.